The maximum atomic E-state index is 12.4. The zero-order valence-electron chi connectivity index (χ0n) is 14.0. The number of ketones is 1. The van der Waals surface area contributed by atoms with Crippen LogP contribution in [0.5, 0.6) is 5.75 Å². The first kappa shape index (κ1) is 15.8. The zero-order chi connectivity index (χ0) is 16.7. The van der Waals surface area contributed by atoms with Crippen molar-refractivity contribution in [3.05, 3.63) is 29.8 Å². The molecule has 0 unspecified atom stereocenters. The van der Waals surface area contributed by atoms with Gasteiger partial charge in [0.1, 0.15) is 11.4 Å². The Kier molecular flexibility index (Phi) is 3.82. The Morgan fingerprint density at radius 3 is 2.52 bits per heavy atom. The standard InChI is InChI=1S/C18H24N2O3/c1-17(2,3)19-16(22)20-10-8-18(9-11-20)12-14(21)13-6-4-5-7-15(13)23-18/h4-7H,8-12H2,1-3H3,(H,19,22). The Balaban J connectivity index is 1.67. The third-order valence-electron chi connectivity index (χ3n) is 4.44. The van der Waals surface area contributed by atoms with Crippen LogP contribution >= 0.6 is 0 Å². The van der Waals surface area contributed by atoms with Gasteiger partial charge in [-0.25, -0.2) is 4.79 Å². The molecule has 2 aliphatic rings. The van der Waals surface area contributed by atoms with Gasteiger partial charge < -0.3 is 15.0 Å². The first-order valence-electron chi connectivity index (χ1n) is 8.16. The summed E-state index contributed by atoms with van der Waals surface area (Å²) in [6, 6.07) is 7.37. The molecule has 1 aromatic rings. The minimum atomic E-state index is -0.454. The summed E-state index contributed by atoms with van der Waals surface area (Å²) in [5, 5.41) is 2.98. The summed E-state index contributed by atoms with van der Waals surface area (Å²) in [7, 11) is 0. The largest absolute Gasteiger partial charge is 0.486 e. The number of Topliss-reactive ketones (excluding diaryl/α,β-unsaturated/α-hetero) is 1. The number of amides is 2. The third kappa shape index (κ3) is 3.33. The molecule has 1 fully saturated rings. The van der Waals surface area contributed by atoms with Crippen LogP contribution in [0.3, 0.4) is 0 Å². The Morgan fingerprint density at radius 1 is 1.22 bits per heavy atom. The molecule has 1 N–H and O–H groups in total. The molecule has 0 saturated carbocycles. The number of hydrogen-bond acceptors (Lipinski definition) is 3. The maximum absolute atomic E-state index is 12.4. The molecule has 23 heavy (non-hydrogen) atoms. The van der Waals surface area contributed by atoms with Crippen molar-refractivity contribution >= 4 is 11.8 Å². The van der Waals surface area contributed by atoms with Crippen LogP contribution in [0.4, 0.5) is 4.79 Å². The topological polar surface area (TPSA) is 58.6 Å². The molecule has 0 bridgehead atoms. The lowest BCUT2D eigenvalue weighted by Gasteiger charge is -2.44. The molecule has 0 aliphatic carbocycles. The predicted octanol–water partition coefficient (Wildman–Crippen LogP) is 2.99. The number of urea groups is 1. The van der Waals surface area contributed by atoms with Gasteiger partial charge in [-0.15, -0.1) is 0 Å². The van der Waals surface area contributed by atoms with Crippen molar-refractivity contribution in [3.63, 3.8) is 0 Å². The van der Waals surface area contributed by atoms with E-state index in [0.29, 0.717) is 43.7 Å². The summed E-state index contributed by atoms with van der Waals surface area (Å²) in [5.74, 6) is 0.816. The summed E-state index contributed by atoms with van der Waals surface area (Å²) < 4.78 is 6.18. The van der Waals surface area contributed by atoms with E-state index >= 15 is 0 Å². The smallest absolute Gasteiger partial charge is 0.317 e. The van der Waals surface area contributed by atoms with Gasteiger partial charge in [-0.1, -0.05) is 12.1 Å². The fourth-order valence-corrected chi connectivity index (χ4v) is 3.24. The van der Waals surface area contributed by atoms with Crippen LogP contribution in [0.2, 0.25) is 0 Å². The highest BCUT2D eigenvalue weighted by Crippen LogP contribution is 2.39. The highest BCUT2D eigenvalue weighted by atomic mass is 16.5. The minimum Gasteiger partial charge on any atom is -0.486 e. The fraction of sp³-hybridized carbons (Fsp3) is 0.556. The molecule has 1 aromatic carbocycles. The van der Waals surface area contributed by atoms with Gasteiger partial charge in [0.05, 0.1) is 12.0 Å². The highest BCUT2D eigenvalue weighted by Gasteiger charge is 2.43. The van der Waals surface area contributed by atoms with E-state index in [2.05, 4.69) is 5.32 Å². The molecular weight excluding hydrogens is 292 g/mol. The van der Waals surface area contributed by atoms with E-state index in [0.717, 1.165) is 0 Å². The molecule has 2 heterocycles. The monoisotopic (exact) mass is 316 g/mol. The molecule has 5 nitrogen and oxygen atoms in total. The zero-order valence-corrected chi connectivity index (χ0v) is 14.0. The summed E-state index contributed by atoms with van der Waals surface area (Å²) in [6.07, 6.45) is 1.77. The summed E-state index contributed by atoms with van der Waals surface area (Å²) >= 11 is 0. The number of rotatable bonds is 0. The van der Waals surface area contributed by atoms with Crippen molar-refractivity contribution < 1.29 is 14.3 Å². The summed E-state index contributed by atoms with van der Waals surface area (Å²) in [5.41, 5.74) is -0.0297. The number of piperidine rings is 1. The van der Waals surface area contributed by atoms with Gasteiger partial charge in [-0.3, -0.25) is 4.79 Å². The quantitative estimate of drug-likeness (QED) is 0.800. The van der Waals surface area contributed by atoms with E-state index in [4.69, 9.17) is 4.74 Å². The van der Waals surface area contributed by atoms with Gasteiger partial charge >= 0.3 is 6.03 Å². The number of nitrogens with zero attached hydrogens (tertiary/aromatic N) is 1. The lowest BCUT2D eigenvalue weighted by atomic mass is 9.82. The van der Waals surface area contributed by atoms with Crippen LogP contribution in [-0.4, -0.2) is 40.9 Å². The van der Waals surface area contributed by atoms with E-state index in [1.165, 1.54) is 0 Å². The fourth-order valence-electron chi connectivity index (χ4n) is 3.24. The normalized spacial score (nSPS) is 20.0. The molecule has 1 saturated heterocycles. The number of carbonyl (C=O) groups is 2. The Labute approximate surface area is 137 Å². The van der Waals surface area contributed by atoms with E-state index in [1.807, 2.05) is 49.9 Å². The van der Waals surface area contributed by atoms with Crippen LogP contribution in [0.1, 0.15) is 50.4 Å². The third-order valence-corrected chi connectivity index (χ3v) is 4.44. The first-order valence-corrected chi connectivity index (χ1v) is 8.16. The molecule has 0 aromatic heterocycles. The SMILES string of the molecule is CC(C)(C)NC(=O)N1CCC2(CC1)CC(=O)c1ccccc1O2. The molecule has 0 radical (unpaired) electrons. The number of benzene rings is 1. The van der Waals surface area contributed by atoms with Crippen LogP contribution in [0.25, 0.3) is 0 Å². The Hall–Kier alpha value is -2.04. The van der Waals surface area contributed by atoms with E-state index < -0.39 is 5.60 Å². The molecule has 1 spiro atoms. The predicted molar refractivity (Wildman–Crippen MR) is 87.8 cm³/mol. The molecule has 3 rings (SSSR count). The van der Waals surface area contributed by atoms with Crippen molar-refractivity contribution in [2.75, 3.05) is 13.1 Å². The highest BCUT2D eigenvalue weighted by molar-refractivity contribution is 6.00. The minimum absolute atomic E-state index is 0.0464. The molecular formula is C18H24N2O3. The molecule has 2 amide bonds. The van der Waals surface area contributed by atoms with Crippen molar-refractivity contribution in [1.29, 1.82) is 0 Å². The van der Waals surface area contributed by atoms with Gasteiger partial charge in [0, 0.05) is 31.5 Å². The second kappa shape index (κ2) is 5.55. The number of nitrogens with one attached hydrogen (secondary N) is 1. The number of carbonyl (C=O) groups excluding carboxylic acids is 2. The number of para-hydroxylation sites is 1. The second-order valence-electron chi connectivity index (χ2n) is 7.55. The van der Waals surface area contributed by atoms with Crippen LogP contribution in [0, 0.1) is 0 Å². The van der Waals surface area contributed by atoms with E-state index in [-0.39, 0.29) is 17.4 Å². The first-order chi connectivity index (χ1) is 10.8. The summed E-state index contributed by atoms with van der Waals surface area (Å²) in [6.45, 7) is 7.12. The molecule has 2 aliphatic heterocycles. The van der Waals surface area contributed by atoms with Gasteiger partial charge in [0.15, 0.2) is 5.78 Å². The number of ether oxygens (including phenoxy) is 1. The maximum Gasteiger partial charge on any atom is 0.317 e. The number of hydrogen-bond donors (Lipinski definition) is 1. The average Bonchev–Trinajstić information content (AvgIpc) is 2.46. The van der Waals surface area contributed by atoms with Crippen molar-refractivity contribution in [2.24, 2.45) is 0 Å². The van der Waals surface area contributed by atoms with Crippen molar-refractivity contribution in [1.82, 2.24) is 10.2 Å². The van der Waals surface area contributed by atoms with Gasteiger partial charge in [-0.05, 0) is 32.9 Å². The summed E-state index contributed by atoms with van der Waals surface area (Å²) in [4.78, 5) is 26.5. The van der Waals surface area contributed by atoms with Crippen LogP contribution in [0.15, 0.2) is 24.3 Å². The van der Waals surface area contributed by atoms with Crippen molar-refractivity contribution in [3.8, 4) is 5.75 Å². The van der Waals surface area contributed by atoms with Gasteiger partial charge in [0.2, 0.25) is 0 Å². The molecule has 0 atom stereocenters. The van der Waals surface area contributed by atoms with Crippen LogP contribution < -0.4 is 10.1 Å². The lowest BCUT2D eigenvalue weighted by Crippen LogP contribution is -2.56. The van der Waals surface area contributed by atoms with Crippen molar-refractivity contribution in [2.45, 2.75) is 51.2 Å². The van der Waals surface area contributed by atoms with Gasteiger partial charge in [0.25, 0.3) is 0 Å². The molecule has 5 heteroatoms. The van der Waals surface area contributed by atoms with E-state index in [9.17, 15) is 9.59 Å². The van der Waals surface area contributed by atoms with Crippen LogP contribution in [-0.2, 0) is 0 Å². The molecule has 124 valence electrons. The lowest BCUT2D eigenvalue weighted by molar-refractivity contribution is -0.00105. The van der Waals surface area contributed by atoms with E-state index in [1.54, 1.807) is 0 Å². The average molecular weight is 316 g/mol. The second-order valence-corrected chi connectivity index (χ2v) is 7.55. The number of fused-ring (bicyclic) bond motifs is 1. The Morgan fingerprint density at radius 2 is 1.87 bits per heavy atom. The number of likely N-dealkylation sites (tertiary alicyclic amines) is 1. The Bertz CT molecular complexity index is 625. The van der Waals surface area contributed by atoms with Gasteiger partial charge in [-0.2, -0.15) is 0 Å².